The topological polar surface area (TPSA) is 41.1 Å². The van der Waals surface area contributed by atoms with Crippen LogP contribution in [0.1, 0.15) is 54.5 Å². The van der Waals surface area contributed by atoms with Crippen molar-refractivity contribution < 1.29 is 4.79 Å². The van der Waals surface area contributed by atoms with E-state index in [4.69, 9.17) is 0 Å². The summed E-state index contributed by atoms with van der Waals surface area (Å²) in [5.41, 5.74) is 8.01. The van der Waals surface area contributed by atoms with Crippen LogP contribution >= 0.6 is 15.9 Å². The largest absolute Gasteiger partial charge is 0.378 e. The lowest BCUT2D eigenvalue weighted by Gasteiger charge is -2.30. The van der Waals surface area contributed by atoms with Crippen LogP contribution in [0.3, 0.4) is 0 Å². The van der Waals surface area contributed by atoms with Gasteiger partial charge in [-0.1, -0.05) is 34.1 Å². The zero-order valence-corrected chi connectivity index (χ0v) is 17.9. The number of anilines is 2. The van der Waals surface area contributed by atoms with E-state index in [1.54, 1.807) is 0 Å². The molecule has 2 aromatic rings. The summed E-state index contributed by atoms with van der Waals surface area (Å²) in [4.78, 5) is 12.2. The summed E-state index contributed by atoms with van der Waals surface area (Å²) in [6.07, 6.45) is 3.68. The lowest BCUT2D eigenvalue weighted by atomic mass is 9.83. The first-order chi connectivity index (χ1) is 12.8. The summed E-state index contributed by atoms with van der Waals surface area (Å²) in [7, 11) is 0. The minimum atomic E-state index is 0.00833. The third-order valence-electron chi connectivity index (χ3n) is 5.15. The number of rotatable bonds is 5. The van der Waals surface area contributed by atoms with E-state index in [1.807, 2.05) is 6.92 Å². The van der Waals surface area contributed by atoms with Crippen molar-refractivity contribution in [3.05, 3.63) is 69.2 Å². The van der Waals surface area contributed by atoms with Gasteiger partial charge in [0.05, 0.1) is 6.04 Å². The van der Waals surface area contributed by atoms with Gasteiger partial charge in [0, 0.05) is 22.3 Å². The molecule has 4 heteroatoms. The maximum Gasteiger partial charge on any atom is 0.228 e. The number of hydrogen-bond donors (Lipinski definition) is 2. The molecule has 0 bridgehead atoms. The van der Waals surface area contributed by atoms with Crippen molar-refractivity contribution in [3.8, 4) is 0 Å². The number of carbonyl (C=O) groups is 1. The summed E-state index contributed by atoms with van der Waals surface area (Å²) < 4.78 is 1.08. The molecule has 0 aromatic heterocycles. The maximum absolute atomic E-state index is 12.2. The summed E-state index contributed by atoms with van der Waals surface area (Å²) >= 11 is 3.49. The number of aryl methyl sites for hydroxylation is 1. The van der Waals surface area contributed by atoms with Gasteiger partial charge < -0.3 is 10.6 Å². The van der Waals surface area contributed by atoms with E-state index in [-0.39, 0.29) is 5.91 Å². The highest BCUT2D eigenvalue weighted by atomic mass is 79.9. The van der Waals surface area contributed by atoms with Gasteiger partial charge in [0.2, 0.25) is 5.91 Å². The molecule has 1 amide bonds. The SMILES string of the molecule is C=C(C)CC(=O)Nc1c(C)cc2c(c1C)CCCC2Nc1ccc(Br)cc1. The molecular weight excluding hydrogens is 400 g/mol. The average molecular weight is 427 g/mol. The summed E-state index contributed by atoms with van der Waals surface area (Å²) in [5.74, 6) is 0.00833. The zero-order valence-electron chi connectivity index (χ0n) is 16.3. The van der Waals surface area contributed by atoms with Crippen molar-refractivity contribution in [1.29, 1.82) is 0 Å². The van der Waals surface area contributed by atoms with Crippen LogP contribution in [0.2, 0.25) is 0 Å². The molecular formula is C23H27BrN2O. The molecule has 0 radical (unpaired) electrons. The van der Waals surface area contributed by atoms with Crippen molar-refractivity contribution >= 4 is 33.2 Å². The lowest BCUT2D eigenvalue weighted by molar-refractivity contribution is -0.115. The average Bonchev–Trinajstić information content (AvgIpc) is 2.61. The molecule has 0 fully saturated rings. The Morgan fingerprint density at radius 2 is 1.96 bits per heavy atom. The van der Waals surface area contributed by atoms with Crippen LogP contribution in [0.25, 0.3) is 0 Å². The fourth-order valence-corrected chi connectivity index (χ4v) is 4.15. The Hall–Kier alpha value is -2.07. The van der Waals surface area contributed by atoms with E-state index >= 15 is 0 Å². The van der Waals surface area contributed by atoms with Gasteiger partial charge in [-0.2, -0.15) is 0 Å². The van der Waals surface area contributed by atoms with Crippen molar-refractivity contribution in [3.63, 3.8) is 0 Å². The number of halogens is 1. The highest BCUT2D eigenvalue weighted by molar-refractivity contribution is 9.10. The Labute approximate surface area is 170 Å². The van der Waals surface area contributed by atoms with Crippen LogP contribution in [0.5, 0.6) is 0 Å². The summed E-state index contributed by atoms with van der Waals surface area (Å²) in [6, 6.07) is 10.9. The quantitative estimate of drug-likeness (QED) is 0.538. The molecule has 0 saturated carbocycles. The molecule has 142 valence electrons. The number of hydrogen-bond acceptors (Lipinski definition) is 2. The molecule has 0 spiro atoms. The van der Waals surface area contributed by atoms with Gasteiger partial charge in [-0.05, 0) is 86.6 Å². The molecule has 2 N–H and O–H groups in total. The molecule has 1 aliphatic rings. The second-order valence-electron chi connectivity index (χ2n) is 7.54. The van der Waals surface area contributed by atoms with Crippen molar-refractivity contribution in [2.75, 3.05) is 10.6 Å². The molecule has 1 unspecified atom stereocenters. The number of nitrogens with one attached hydrogen (secondary N) is 2. The fraction of sp³-hybridized carbons (Fsp3) is 0.348. The molecule has 0 aliphatic heterocycles. The lowest BCUT2D eigenvalue weighted by Crippen LogP contribution is -2.21. The second kappa shape index (κ2) is 8.30. The third kappa shape index (κ3) is 4.62. The molecule has 27 heavy (non-hydrogen) atoms. The Morgan fingerprint density at radius 3 is 2.63 bits per heavy atom. The number of fused-ring (bicyclic) bond motifs is 1. The first-order valence-electron chi connectivity index (χ1n) is 9.44. The first-order valence-corrected chi connectivity index (χ1v) is 10.2. The zero-order chi connectivity index (χ0) is 19.6. The minimum Gasteiger partial charge on any atom is -0.378 e. The van der Waals surface area contributed by atoms with Crippen molar-refractivity contribution in [2.45, 2.75) is 52.5 Å². The predicted molar refractivity (Wildman–Crippen MR) is 117 cm³/mol. The highest BCUT2D eigenvalue weighted by Crippen LogP contribution is 2.38. The van der Waals surface area contributed by atoms with Crippen LogP contribution in [-0.2, 0) is 11.2 Å². The van der Waals surface area contributed by atoms with E-state index < -0.39 is 0 Å². The van der Waals surface area contributed by atoms with Gasteiger partial charge in [-0.15, -0.1) is 0 Å². The maximum atomic E-state index is 12.2. The second-order valence-corrected chi connectivity index (χ2v) is 8.46. The Morgan fingerprint density at radius 1 is 1.26 bits per heavy atom. The van der Waals surface area contributed by atoms with Gasteiger partial charge in [0.15, 0.2) is 0 Å². The van der Waals surface area contributed by atoms with Gasteiger partial charge in [0.1, 0.15) is 0 Å². The summed E-state index contributed by atoms with van der Waals surface area (Å²) in [6.45, 7) is 9.92. The van der Waals surface area contributed by atoms with Gasteiger partial charge in [0.25, 0.3) is 0 Å². The highest BCUT2D eigenvalue weighted by Gasteiger charge is 2.24. The molecule has 0 heterocycles. The van der Waals surface area contributed by atoms with E-state index in [1.165, 1.54) is 16.7 Å². The molecule has 3 rings (SSSR count). The normalized spacial score (nSPS) is 15.8. The Bertz CT molecular complexity index is 871. The molecule has 1 aliphatic carbocycles. The number of carbonyl (C=O) groups excluding carboxylic acids is 1. The van der Waals surface area contributed by atoms with Gasteiger partial charge in [-0.3, -0.25) is 4.79 Å². The Kier molecular flexibility index (Phi) is 6.05. The van der Waals surface area contributed by atoms with E-state index in [0.29, 0.717) is 12.5 Å². The number of benzene rings is 2. The van der Waals surface area contributed by atoms with Gasteiger partial charge >= 0.3 is 0 Å². The van der Waals surface area contributed by atoms with Crippen LogP contribution in [-0.4, -0.2) is 5.91 Å². The van der Waals surface area contributed by atoms with Crippen molar-refractivity contribution in [1.82, 2.24) is 0 Å². The molecule has 3 nitrogen and oxygen atoms in total. The monoisotopic (exact) mass is 426 g/mol. The van der Waals surface area contributed by atoms with Crippen molar-refractivity contribution in [2.24, 2.45) is 0 Å². The fourth-order valence-electron chi connectivity index (χ4n) is 3.88. The van der Waals surface area contributed by atoms with E-state index in [9.17, 15) is 4.79 Å². The van der Waals surface area contributed by atoms with E-state index in [2.05, 4.69) is 77.3 Å². The molecule has 2 aromatic carbocycles. The van der Waals surface area contributed by atoms with Crippen LogP contribution in [0.15, 0.2) is 47.0 Å². The summed E-state index contributed by atoms with van der Waals surface area (Å²) in [5, 5.41) is 6.79. The van der Waals surface area contributed by atoms with Gasteiger partial charge in [-0.25, -0.2) is 0 Å². The van der Waals surface area contributed by atoms with Crippen LogP contribution in [0, 0.1) is 13.8 Å². The minimum absolute atomic E-state index is 0.00833. The predicted octanol–water partition coefficient (Wildman–Crippen LogP) is 6.46. The number of amides is 1. The smallest absolute Gasteiger partial charge is 0.228 e. The molecule has 0 saturated heterocycles. The third-order valence-corrected chi connectivity index (χ3v) is 5.68. The first kappa shape index (κ1) is 19.7. The standard InChI is InChI=1S/C23H27BrN2O/c1-14(2)12-22(27)26-23-15(3)13-20-19(16(23)4)6-5-7-21(20)25-18-10-8-17(24)9-11-18/h8-11,13,21,25H,1,5-7,12H2,2-4H3,(H,26,27). The van der Waals surface area contributed by atoms with E-state index in [0.717, 1.165) is 46.2 Å². The van der Waals surface area contributed by atoms with Crippen LogP contribution in [0.4, 0.5) is 11.4 Å². The van der Waals surface area contributed by atoms with Crippen LogP contribution < -0.4 is 10.6 Å². The molecule has 1 atom stereocenters. The Balaban J connectivity index is 1.89.